The van der Waals surface area contributed by atoms with Crippen LogP contribution in [0.1, 0.15) is 41.7 Å². The Morgan fingerprint density at radius 1 is 1.07 bits per heavy atom. The van der Waals surface area contributed by atoms with Crippen LogP contribution in [-0.4, -0.2) is 9.55 Å². The van der Waals surface area contributed by atoms with Crippen molar-refractivity contribution in [1.82, 2.24) is 9.55 Å². The summed E-state index contributed by atoms with van der Waals surface area (Å²) >= 11 is 0. The topological polar surface area (TPSA) is 44.1 Å². The summed E-state index contributed by atoms with van der Waals surface area (Å²) in [6.07, 6.45) is 0.669. The van der Waals surface area contributed by atoms with Crippen molar-refractivity contribution in [3.8, 4) is 11.4 Å². The van der Waals surface area contributed by atoms with Gasteiger partial charge in [-0.25, -0.2) is 4.98 Å². The number of benzene rings is 2. The predicted molar refractivity (Wildman–Crippen MR) is 120 cm³/mol. The number of fused-ring (bicyclic) bond motifs is 4. The first kappa shape index (κ1) is 18.8. The van der Waals surface area contributed by atoms with Crippen molar-refractivity contribution >= 4 is 10.9 Å². The Kier molecular flexibility index (Phi) is 4.72. The summed E-state index contributed by atoms with van der Waals surface area (Å²) in [7, 11) is 0. The first-order valence-electron chi connectivity index (χ1n) is 10.4. The van der Waals surface area contributed by atoms with E-state index in [1.54, 1.807) is 0 Å². The van der Waals surface area contributed by atoms with Gasteiger partial charge in [-0.05, 0) is 42.7 Å². The van der Waals surface area contributed by atoms with Crippen molar-refractivity contribution in [3.63, 3.8) is 0 Å². The maximum Gasteiger partial charge on any atom is 0.254 e. The fraction of sp³-hybridized carbons (Fsp3) is 0.231. The molecule has 0 unspecified atom stereocenters. The molecule has 4 nitrogen and oxygen atoms in total. The van der Waals surface area contributed by atoms with Gasteiger partial charge in [0.25, 0.3) is 5.56 Å². The minimum absolute atomic E-state index is 0.0475. The van der Waals surface area contributed by atoms with E-state index in [0.29, 0.717) is 13.2 Å². The summed E-state index contributed by atoms with van der Waals surface area (Å²) in [6, 6.07) is 22.5. The molecule has 0 spiro atoms. The van der Waals surface area contributed by atoms with E-state index < -0.39 is 0 Å². The highest BCUT2D eigenvalue weighted by Gasteiger charge is 2.26. The SMILES string of the molecule is CC[C@@H](OCc1ccccc1)c1cc2n(c(=O)c1C)Cc1cc3ccccc3nc1-2. The molecule has 0 fully saturated rings. The van der Waals surface area contributed by atoms with E-state index in [2.05, 4.69) is 37.3 Å². The average Bonchev–Trinajstić information content (AvgIpc) is 3.14. The quantitative estimate of drug-likeness (QED) is 0.399. The number of nitrogens with zero attached hydrogens (tertiary/aromatic N) is 2. The molecular formula is C26H24N2O2. The molecule has 0 bridgehead atoms. The van der Waals surface area contributed by atoms with Gasteiger partial charge in [0.1, 0.15) is 0 Å². The number of aromatic nitrogens is 2. The standard InChI is InChI=1S/C26H24N2O2/c1-3-24(30-16-18-9-5-4-6-10-18)21-14-23-25-20(15-28(23)26(29)17(21)2)13-19-11-7-8-12-22(19)27-25/h4-14,24H,3,15-16H2,1-2H3/t24-/m1/s1. The van der Waals surface area contributed by atoms with Crippen molar-refractivity contribution in [1.29, 1.82) is 0 Å². The monoisotopic (exact) mass is 396 g/mol. The summed E-state index contributed by atoms with van der Waals surface area (Å²) in [5, 5.41) is 1.10. The molecule has 0 aliphatic carbocycles. The molecule has 2 aromatic heterocycles. The molecule has 4 heteroatoms. The molecule has 1 aliphatic rings. The second-order valence-electron chi connectivity index (χ2n) is 7.88. The van der Waals surface area contributed by atoms with E-state index in [0.717, 1.165) is 51.0 Å². The van der Waals surface area contributed by atoms with Gasteiger partial charge in [0, 0.05) is 16.5 Å². The van der Waals surface area contributed by atoms with E-state index >= 15 is 0 Å². The smallest absolute Gasteiger partial charge is 0.254 e. The van der Waals surface area contributed by atoms with Crippen LogP contribution in [0.15, 0.2) is 71.5 Å². The van der Waals surface area contributed by atoms with Gasteiger partial charge in [-0.15, -0.1) is 0 Å². The molecule has 0 radical (unpaired) electrons. The normalized spacial score (nSPS) is 13.3. The Bertz CT molecular complexity index is 1290. The van der Waals surface area contributed by atoms with Crippen LogP contribution in [0, 0.1) is 6.92 Å². The summed E-state index contributed by atoms with van der Waals surface area (Å²) in [4.78, 5) is 18.1. The Morgan fingerprint density at radius 2 is 1.83 bits per heavy atom. The molecule has 0 saturated heterocycles. The summed E-state index contributed by atoms with van der Waals surface area (Å²) in [6.45, 7) is 5.10. The van der Waals surface area contributed by atoms with Crippen LogP contribution in [-0.2, 0) is 17.9 Å². The number of rotatable bonds is 5. The molecule has 0 saturated carbocycles. The summed E-state index contributed by atoms with van der Waals surface area (Å²) < 4.78 is 8.10. The molecule has 1 aliphatic heterocycles. The van der Waals surface area contributed by atoms with Gasteiger partial charge < -0.3 is 9.30 Å². The third-order valence-electron chi connectivity index (χ3n) is 5.97. The van der Waals surface area contributed by atoms with Crippen molar-refractivity contribution in [2.24, 2.45) is 0 Å². The van der Waals surface area contributed by atoms with Crippen LogP contribution in [0.2, 0.25) is 0 Å². The van der Waals surface area contributed by atoms with Crippen LogP contribution in [0.4, 0.5) is 0 Å². The fourth-order valence-corrected chi connectivity index (χ4v) is 4.33. The van der Waals surface area contributed by atoms with Crippen LogP contribution >= 0.6 is 0 Å². The van der Waals surface area contributed by atoms with Gasteiger partial charge in [0.2, 0.25) is 0 Å². The average molecular weight is 396 g/mol. The molecule has 3 heterocycles. The number of para-hydroxylation sites is 1. The molecule has 5 rings (SSSR count). The second-order valence-corrected chi connectivity index (χ2v) is 7.88. The van der Waals surface area contributed by atoms with Crippen molar-refractivity contribution in [3.05, 3.63) is 99.3 Å². The van der Waals surface area contributed by atoms with Crippen LogP contribution in [0.3, 0.4) is 0 Å². The number of pyridine rings is 2. The molecule has 150 valence electrons. The largest absolute Gasteiger partial charge is 0.369 e. The van der Waals surface area contributed by atoms with Gasteiger partial charge in [-0.3, -0.25) is 4.79 Å². The maximum atomic E-state index is 13.2. The fourth-order valence-electron chi connectivity index (χ4n) is 4.33. The Balaban J connectivity index is 1.56. The zero-order valence-corrected chi connectivity index (χ0v) is 17.3. The third kappa shape index (κ3) is 3.14. The Hall–Kier alpha value is -3.24. The van der Waals surface area contributed by atoms with Gasteiger partial charge in [-0.2, -0.15) is 0 Å². The molecular weight excluding hydrogens is 372 g/mol. The van der Waals surface area contributed by atoms with Gasteiger partial charge in [0.05, 0.1) is 36.2 Å². The van der Waals surface area contributed by atoms with Crippen molar-refractivity contribution in [2.45, 2.75) is 39.5 Å². The zero-order valence-electron chi connectivity index (χ0n) is 17.3. The van der Waals surface area contributed by atoms with Crippen molar-refractivity contribution in [2.75, 3.05) is 0 Å². The molecule has 4 aromatic rings. The molecule has 2 aromatic carbocycles. The number of hydrogen-bond donors (Lipinski definition) is 0. The van der Waals surface area contributed by atoms with E-state index in [-0.39, 0.29) is 11.7 Å². The van der Waals surface area contributed by atoms with E-state index in [1.807, 2.05) is 47.9 Å². The van der Waals surface area contributed by atoms with Crippen LogP contribution < -0.4 is 5.56 Å². The maximum absolute atomic E-state index is 13.2. The summed E-state index contributed by atoms with van der Waals surface area (Å²) in [5.41, 5.74) is 6.75. The Labute approximate surface area is 175 Å². The highest BCUT2D eigenvalue weighted by molar-refractivity contribution is 5.83. The lowest BCUT2D eigenvalue weighted by Crippen LogP contribution is -2.24. The third-order valence-corrected chi connectivity index (χ3v) is 5.97. The minimum atomic E-state index is -0.131. The Morgan fingerprint density at radius 3 is 2.63 bits per heavy atom. The van der Waals surface area contributed by atoms with E-state index in [1.165, 1.54) is 0 Å². The number of hydrogen-bond acceptors (Lipinski definition) is 3. The lowest BCUT2D eigenvalue weighted by Gasteiger charge is -2.20. The molecule has 1 atom stereocenters. The molecule has 0 amide bonds. The summed E-state index contributed by atoms with van der Waals surface area (Å²) in [5.74, 6) is 0. The molecule has 0 N–H and O–H groups in total. The lowest BCUT2D eigenvalue weighted by molar-refractivity contribution is 0.0366. The van der Waals surface area contributed by atoms with Crippen LogP contribution in [0.5, 0.6) is 0 Å². The highest BCUT2D eigenvalue weighted by Crippen LogP contribution is 2.35. The first-order valence-corrected chi connectivity index (χ1v) is 10.4. The van der Waals surface area contributed by atoms with Gasteiger partial charge in [0.15, 0.2) is 0 Å². The van der Waals surface area contributed by atoms with Crippen LogP contribution in [0.25, 0.3) is 22.3 Å². The van der Waals surface area contributed by atoms with Gasteiger partial charge in [-0.1, -0.05) is 55.5 Å². The second kappa shape index (κ2) is 7.54. The lowest BCUT2D eigenvalue weighted by atomic mass is 10.0. The molecule has 30 heavy (non-hydrogen) atoms. The minimum Gasteiger partial charge on any atom is -0.369 e. The van der Waals surface area contributed by atoms with E-state index in [4.69, 9.17) is 9.72 Å². The van der Waals surface area contributed by atoms with E-state index in [9.17, 15) is 4.79 Å². The zero-order chi connectivity index (χ0) is 20.7. The van der Waals surface area contributed by atoms with Gasteiger partial charge >= 0.3 is 0 Å². The van der Waals surface area contributed by atoms with Crippen molar-refractivity contribution < 1.29 is 4.74 Å². The number of ether oxygens (including phenoxy) is 1. The highest BCUT2D eigenvalue weighted by atomic mass is 16.5. The predicted octanol–water partition coefficient (Wildman–Crippen LogP) is 5.40. The first-order chi connectivity index (χ1) is 14.7.